The summed E-state index contributed by atoms with van der Waals surface area (Å²) in [5.41, 5.74) is -0.0700. The molecular formula is C8H5BrClFO3. The lowest BCUT2D eigenvalue weighted by Crippen LogP contribution is -2.11. The third kappa shape index (κ3) is 2.23. The first kappa shape index (κ1) is 11.4. The number of carbonyl (C=O) groups is 1. The van der Waals surface area contributed by atoms with Gasteiger partial charge in [0.2, 0.25) is 0 Å². The predicted octanol–water partition coefficient (Wildman–Crippen LogP) is 2.36. The van der Waals surface area contributed by atoms with Gasteiger partial charge in [-0.25, -0.2) is 9.18 Å². The van der Waals surface area contributed by atoms with Crippen molar-refractivity contribution in [2.75, 3.05) is 0 Å². The molecule has 1 unspecified atom stereocenters. The third-order valence-corrected chi connectivity index (χ3v) is 2.54. The lowest BCUT2D eigenvalue weighted by Gasteiger charge is -2.08. The van der Waals surface area contributed by atoms with Gasteiger partial charge in [0.05, 0.1) is 5.02 Å². The number of hydrogen-bond donors (Lipinski definition) is 2. The lowest BCUT2D eigenvalue weighted by atomic mass is 10.1. The van der Waals surface area contributed by atoms with Crippen LogP contribution in [0.3, 0.4) is 0 Å². The van der Waals surface area contributed by atoms with E-state index in [9.17, 15) is 9.18 Å². The highest BCUT2D eigenvalue weighted by Crippen LogP contribution is 2.29. The normalized spacial score (nSPS) is 12.6. The summed E-state index contributed by atoms with van der Waals surface area (Å²) in [6, 6.07) is 2.07. The van der Waals surface area contributed by atoms with Crippen LogP contribution in [0.4, 0.5) is 4.39 Å². The van der Waals surface area contributed by atoms with Crippen molar-refractivity contribution < 1.29 is 19.4 Å². The highest BCUT2D eigenvalue weighted by atomic mass is 79.9. The summed E-state index contributed by atoms with van der Waals surface area (Å²) in [7, 11) is 0. The first-order valence-electron chi connectivity index (χ1n) is 3.48. The molecule has 0 radical (unpaired) electrons. The number of benzene rings is 1. The van der Waals surface area contributed by atoms with Gasteiger partial charge in [0, 0.05) is 10.0 Å². The molecule has 0 aliphatic heterocycles. The molecule has 0 saturated carbocycles. The molecule has 0 saturated heterocycles. The highest BCUT2D eigenvalue weighted by Gasteiger charge is 2.20. The number of carboxylic acids is 1. The van der Waals surface area contributed by atoms with Crippen molar-refractivity contribution in [1.29, 1.82) is 0 Å². The van der Waals surface area contributed by atoms with Crippen molar-refractivity contribution >= 4 is 33.5 Å². The van der Waals surface area contributed by atoms with Crippen molar-refractivity contribution in [3.63, 3.8) is 0 Å². The Bertz CT molecular complexity index is 383. The molecular weight excluding hydrogens is 278 g/mol. The van der Waals surface area contributed by atoms with E-state index in [4.69, 9.17) is 21.8 Å². The molecule has 1 aromatic carbocycles. The summed E-state index contributed by atoms with van der Waals surface area (Å²) in [4.78, 5) is 10.4. The zero-order valence-electron chi connectivity index (χ0n) is 6.67. The summed E-state index contributed by atoms with van der Waals surface area (Å²) in [6.45, 7) is 0. The maximum atomic E-state index is 12.9. The van der Waals surface area contributed by atoms with E-state index in [0.717, 1.165) is 6.07 Å². The first-order valence-corrected chi connectivity index (χ1v) is 4.66. The molecule has 1 rings (SSSR count). The molecule has 1 aromatic rings. The van der Waals surface area contributed by atoms with Crippen molar-refractivity contribution in [2.24, 2.45) is 0 Å². The average molecular weight is 283 g/mol. The van der Waals surface area contributed by atoms with Crippen molar-refractivity contribution in [3.05, 3.63) is 33.0 Å². The maximum Gasteiger partial charge on any atom is 0.337 e. The quantitative estimate of drug-likeness (QED) is 0.819. The molecule has 2 N–H and O–H groups in total. The van der Waals surface area contributed by atoms with Crippen LogP contribution in [-0.4, -0.2) is 16.2 Å². The summed E-state index contributed by atoms with van der Waals surface area (Å²) in [5, 5.41) is 17.5. The van der Waals surface area contributed by atoms with E-state index in [0.29, 0.717) is 0 Å². The minimum atomic E-state index is -1.77. The number of aliphatic hydroxyl groups is 1. The van der Waals surface area contributed by atoms with E-state index in [1.54, 1.807) is 0 Å². The van der Waals surface area contributed by atoms with E-state index in [-0.39, 0.29) is 15.1 Å². The van der Waals surface area contributed by atoms with Gasteiger partial charge in [-0.2, -0.15) is 0 Å². The van der Waals surface area contributed by atoms with Gasteiger partial charge in [0.1, 0.15) is 5.82 Å². The minimum absolute atomic E-state index is 0.0700. The summed E-state index contributed by atoms with van der Waals surface area (Å²) >= 11 is 8.41. The zero-order chi connectivity index (χ0) is 10.9. The molecule has 3 nitrogen and oxygen atoms in total. The number of aliphatic hydroxyl groups excluding tert-OH is 1. The molecule has 0 aliphatic rings. The molecule has 0 bridgehead atoms. The molecule has 0 amide bonds. The molecule has 0 spiro atoms. The molecule has 0 heterocycles. The number of halogens is 3. The third-order valence-electron chi connectivity index (χ3n) is 1.57. The summed E-state index contributed by atoms with van der Waals surface area (Å²) < 4.78 is 13.2. The lowest BCUT2D eigenvalue weighted by molar-refractivity contribution is -0.147. The topological polar surface area (TPSA) is 57.5 Å². The van der Waals surface area contributed by atoms with Crippen LogP contribution in [0, 0.1) is 5.82 Å². The zero-order valence-corrected chi connectivity index (χ0v) is 9.01. The minimum Gasteiger partial charge on any atom is -0.479 e. The Balaban J connectivity index is 3.22. The van der Waals surface area contributed by atoms with Gasteiger partial charge in [-0.05, 0) is 12.1 Å². The van der Waals surface area contributed by atoms with Crippen LogP contribution in [0.1, 0.15) is 11.7 Å². The molecule has 6 heteroatoms. The molecule has 0 aliphatic carbocycles. The average Bonchev–Trinajstić information content (AvgIpc) is 2.10. The number of rotatable bonds is 2. The standard InChI is InChI=1S/C8H5BrClFO3/c9-4-2-5(10)6(11)1-3(4)7(12)8(13)14/h1-2,7,12H,(H,13,14). The van der Waals surface area contributed by atoms with Crippen LogP contribution in [0.15, 0.2) is 16.6 Å². The van der Waals surface area contributed by atoms with E-state index in [2.05, 4.69) is 15.9 Å². The highest BCUT2D eigenvalue weighted by molar-refractivity contribution is 9.10. The Morgan fingerprint density at radius 3 is 2.64 bits per heavy atom. The second-order valence-corrected chi connectivity index (χ2v) is 3.79. The van der Waals surface area contributed by atoms with Crippen LogP contribution < -0.4 is 0 Å². The molecule has 0 fully saturated rings. The van der Waals surface area contributed by atoms with Crippen LogP contribution in [0.25, 0.3) is 0 Å². The monoisotopic (exact) mass is 282 g/mol. The molecule has 14 heavy (non-hydrogen) atoms. The Morgan fingerprint density at radius 2 is 2.14 bits per heavy atom. The molecule has 0 aromatic heterocycles. The first-order chi connectivity index (χ1) is 6.43. The van der Waals surface area contributed by atoms with Crippen molar-refractivity contribution in [1.82, 2.24) is 0 Å². The van der Waals surface area contributed by atoms with E-state index >= 15 is 0 Å². The van der Waals surface area contributed by atoms with Crippen molar-refractivity contribution in [3.8, 4) is 0 Å². The van der Waals surface area contributed by atoms with Crippen LogP contribution in [0.2, 0.25) is 5.02 Å². The van der Waals surface area contributed by atoms with E-state index in [1.165, 1.54) is 6.07 Å². The SMILES string of the molecule is O=C(O)C(O)c1cc(F)c(Cl)cc1Br. The van der Waals surface area contributed by atoms with E-state index < -0.39 is 17.9 Å². The Labute approximate surface area is 92.2 Å². The smallest absolute Gasteiger partial charge is 0.337 e. The molecule has 76 valence electrons. The van der Waals surface area contributed by atoms with Gasteiger partial charge in [-0.1, -0.05) is 27.5 Å². The summed E-state index contributed by atoms with van der Waals surface area (Å²) in [6.07, 6.45) is -1.77. The maximum absolute atomic E-state index is 12.9. The predicted molar refractivity (Wildman–Crippen MR) is 51.7 cm³/mol. The fraction of sp³-hybridized carbons (Fsp3) is 0.125. The largest absolute Gasteiger partial charge is 0.479 e. The Hall–Kier alpha value is -0.650. The van der Waals surface area contributed by atoms with Crippen LogP contribution in [-0.2, 0) is 4.79 Å². The van der Waals surface area contributed by atoms with Gasteiger partial charge in [-0.15, -0.1) is 0 Å². The van der Waals surface area contributed by atoms with Gasteiger partial charge in [0.25, 0.3) is 0 Å². The van der Waals surface area contributed by atoms with Crippen LogP contribution in [0.5, 0.6) is 0 Å². The van der Waals surface area contributed by atoms with Gasteiger partial charge < -0.3 is 10.2 Å². The Morgan fingerprint density at radius 1 is 1.57 bits per heavy atom. The van der Waals surface area contributed by atoms with Crippen molar-refractivity contribution in [2.45, 2.75) is 6.10 Å². The second kappa shape index (κ2) is 4.25. The fourth-order valence-corrected chi connectivity index (χ4v) is 1.74. The van der Waals surface area contributed by atoms with Gasteiger partial charge >= 0.3 is 5.97 Å². The Kier molecular flexibility index (Phi) is 3.47. The second-order valence-electron chi connectivity index (χ2n) is 2.53. The van der Waals surface area contributed by atoms with E-state index in [1.807, 2.05) is 0 Å². The fourth-order valence-electron chi connectivity index (χ4n) is 0.881. The van der Waals surface area contributed by atoms with Crippen LogP contribution >= 0.6 is 27.5 Å². The number of carboxylic acid groups (broad SMARTS) is 1. The number of hydrogen-bond acceptors (Lipinski definition) is 2. The molecule has 1 atom stereocenters. The summed E-state index contributed by atoms with van der Waals surface area (Å²) in [5.74, 6) is -2.22. The van der Waals surface area contributed by atoms with Gasteiger partial charge in [-0.3, -0.25) is 0 Å². The number of aliphatic carboxylic acids is 1. The van der Waals surface area contributed by atoms with Gasteiger partial charge in [0.15, 0.2) is 6.10 Å².